The summed E-state index contributed by atoms with van der Waals surface area (Å²) < 4.78 is 5.38. The molecule has 86 valence electrons. The van der Waals surface area contributed by atoms with Gasteiger partial charge < -0.3 is 15.4 Å². The monoisotopic (exact) mass is 211 g/mol. The van der Waals surface area contributed by atoms with Crippen molar-refractivity contribution in [2.75, 3.05) is 26.8 Å². The van der Waals surface area contributed by atoms with Crippen molar-refractivity contribution in [2.45, 2.75) is 25.7 Å². The summed E-state index contributed by atoms with van der Waals surface area (Å²) >= 11 is 0. The lowest BCUT2D eigenvalue weighted by molar-refractivity contribution is 0.0314. The fourth-order valence-corrected chi connectivity index (χ4v) is 3.29. The van der Waals surface area contributed by atoms with E-state index in [4.69, 9.17) is 15.9 Å². The summed E-state index contributed by atoms with van der Waals surface area (Å²) in [6, 6.07) is 0. The van der Waals surface area contributed by atoms with Gasteiger partial charge in [0.05, 0.1) is 6.61 Å². The first-order chi connectivity index (χ1) is 7.18. The van der Waals surface area contributed by atoms with Crippen LogP contribution < -0.4 is 5.73 Å². The van der Waals surface area contributed by atoms with Crippen molar-refractivity contribution in [1.29, 1.82) is 5.41 Å². The van der Waals surface area contributed by atoms with E-state index in [0.717, 1.165) is 19.7 Å². The smallest absolute Gasteiger partial charge is 0.188 e. The molecule has 0 aromatic rings. The van der Waals surface area contributed by atoms with E-state index in [1.54, 1.807) is 7.11 Å². The number of ether oxygens (including phenoxy) is 1. The Morgan fingerprint density at radius 3 is 3.07 bits per heavy atom. The van der Waals surface area contributed by atoms with Gasteiger partial charge in [-0.2, -0.15) is 0 Å². The first kappa shape index (κ1) is 10.7. The topological polar surface area (TPSA) is 62.3 Å². The van der Waals surface area contributed by atoms with Crippen molar-refractivity contribution in [2.24, 2.45) is 17.1 Å². The maximum absolute atomic E-state index is 7.52. The van der Waals surface area contributed by atoms with Crippen LogP contribution in [0, 0.1) is 16.7 Å². The number of nitrogens with two attached hydrogens (primary N) is 1. The number of hydrogen-bond donors (Lipinski definition) is 2. The maximum Gasteiger partial charge on any atom is 0.188 e. The van der Waals surface area contributed by atoms with Crippen LogP contribution in [0.3, 0.4) is 0 Å². The molecule has 4 nitrogen and oxygen atoms in total. The Labute approximate surface area is 91.3 Å². The second kappa shape index (κ2) is 4.00. The van der Waals surface area contributed by atoms with Crippen LogP contribution in [0.5, 0.6) is 0 Å². The molecule has 2 atom stereocenters. The van der Waals surface area contributed by atoms with Crippen LogP contribution in [0.4, 0.5) is 0 Å². The first-order valence-corrected chi connectivity index (χ1v) is 5.76. The first-order valence-electron chi connectivity index (χ1n) is 5.76. The van der Waals surface area contributed by atoms with Gasteiger partial charge in [0.15, 0.2) is 5.96 Å². The molecule has 0 unspecified atom stereocenters. The van der Waals surface area contributed by atoms with Crippen LogP contribution in [0.25, 0.3) is 0 Å². The zero-order valence-corrected chi connectivity index (χ0v) is 9.46. The van der Waals surface area contributed by atoms with Gasteiger partial charge in [0, 0.05) is 25.6 Å². The third kappa shape index (κ3) is 1.83. The zero-order valence-electron chi connectivity index (χ0n) is 9.46. The highest BCUT2D eigenvalue weighted by atomic mass is 16.5. The van der Waals surface area contributed by atoms with Crippen molar-refractivity contribution in [1.82, 2.24) is 4.90 Å². The lowest BCUT2D eigenvalue weighted by Crippen LogP contribution is -2.39. The molecule has 15 heavy (non-hydrogen) atoms. The Morgan fingerprint density at radius 2 is 2.40 bits per heavy atom. The summed E-state index contributed by atoms with van der Waals surface area (Å²) in [7, 11) is 1.77. The van der Waals surface area contributed by atoms with Gasteiger partial charge in [0.25, 0.3) is 0 Å². The van der Waals surface area contributed by atoms with Crippen LogP contribution in [0.1, 0.15) is 25.7 Å². The number of rotatable bonds is 2. The van der Waals surface area contributed by atoms with Crippen LogP contribution >= 0.6 is 0 Å². The molecule has 1 aliphatic carbocycles. The molecule has 0 spiro atoms. The number of hydrogen-bond acceptors (Lipinski definition) is 2. The minimum Gasteiger partial charge on any atom is -0.384 e. The minimum absolute atomic E-state index is 0.222. The van der Waals surface area contributed by atoms with E-state index in [1.165, 1.54) is 25.7 Å². The Balaban J connectivity index is 2.12. The average molecular weight is 211 g/mol. The third-order valence-corrected chi connectivity index (χ3v) is 4.06. The summed E-state index contributed by atoms with van der Waals surface area (Å²) in [6.07, 6.45) is 5.12. The van der Waals surface area contributed by atoms with Crippen LogP contribution in [-0.4, -0.2) is 37.7 Å². The molecule has 1 saturated heterocycles. The van der Waals surface area contributed by atoms with Crippen molar-refractivity contribution >= 4 is 5.96 Å². The average Bonchev–Trinajstić information content (AvgIpc) is 2.57. The van der Waals surface area contributed by atoms with Gasteiger partial charge >= 0.3 is 0 Å². The van der Waals surface area contributed by atoms with E-state index >= 15 is 0 Å². The van der Waals surface area contributed by atoms with Gasteiger partial charge in [-0.1, -0.05) is 12.8 Å². The normalized spacial score (nSPS) is 35.3. The van der Waals surface area contributed by atoms with E-state index in [0.29, 0.717) is 5.92 Å². The van der Waals surface area contributed by atoms with Gasteiger partial charge in [-0.3, -0.25) is 5.41 Å². The lowest BCUT2D eigenvalue weighted by Gasteiger charge is -2.37. The number of guanidine groups is 1. The molecule has 0 bridgehead atoms. The molecule has 2 rings (SSSR count). The fraction of sp³-hybridized carbons (Fsp3) is 0.909. The summed E-state index contributed by atoms with van der Waals surface area (Å²) in [5.74, 6) is 0.898. The Hall–Kier alpha value is -0.770. The van der Waals surface area contributed by atoms with Crippen LogP contribution in [0.15, 0.2) is 0 Å². The van der Waals surface area contributed by atoms with Crippen molar-refractivity contribution in [3.05, 3.63) is 0 Å². The summed E-state index contributed by atoms with van der Waals surface area (Å²) in [4.78, 5) is 2.01. The molecule has 0 amide bonds. The molecular weight excluding hydrogens is 190 g/mol. The predicted octanol–water partition coefficient (Wildman–Crippen LogP) is 1.02. The molecule has 1 saturated carbocycles. The lowest BCUT2D eigenvalue weighted by atomic mass is 9.69. The molecule has 3 N–H and O–H groups in total. The Bertz CT molecular complexity index is 252. The van der Waals surface area contributed by atoms with Gasteiger partial charge in [-0.15, -0.1) is 0 Å². The molecule has 2 fully saturated rings. The summed E-state index contributed by atoms with van der Waals surface area (Å²) in [6.45, 7) is 2.70. The van der Waals surface area contributed by atoms with Crippen molar-refractivity contribution < 1.29 is 4.74 Å². The van der Waals surface area contributed by atoms with Crippen molar-refractivity contribution in [3.8, 4) is 0 Å². The number of nitrogens with one attached hydrogen (secondary N) is 1. The van der Waals surface area contributed by atoms with Gasteiger partial charge in [0.1, 0.15) is 0 Å². The van der Waals surface area contributed by atoms with E-state index < -0.39 is 0 Å². The van der Waals surface area contributed by atoms with Gasteiger partial charge in [0.2, 0.25) is 0 Å². The second-order valence-electron chi connectivity index (χ2n) is 5.00. The molecule has 1 heterocycles. The quantitative estimate of drug-likeness (QED) is 0.529. The molecule has 0 aromatic carbocycles. The zero-order chi connectivity index (χ0) is 10.9. The molecule has 1 aliphatic heterocycles. The molecule has 2 aliphatic rings. The highest BCUT2D eigenvalue weighted by molar-refractivity contribution is 5.75. The second-order valence-corrected chi connectivity index (χ2v) is 5.00. The molecule has 4 heteroatoms. The maximum atomic E-state index is 7.52. The van der Waals surface area contributed by atoms with Crippen molar-refractivity contribution in [3.63, 3.8) is 0 Å². The summed E-state index contributed by atoms with van der Waals surface area (Å²) in [5.41, 5.74) is 5.85. The number of likely N-dealkylation sites (tertiary alicyclic amines) is 1. The fourth-order valence-electron chi connectivity index (χ4n) is 3.29. The standard InChI is InChI=1S/C11H21N3O/c1-15-8-11-5-3-2-4-9(11)6-14(7-11)10(12)13/h9H,2-8H2,1H3,(H3,12,13)/t9-,11-/m0/s1. The summed E-state index contributed by atoms with van der Waals surface area (Å²) in [5, 5.41) is 7.52. The van der Waals surface area contributed by atoms with E-state index in [9.17, 15) is 0 Å². The van der Waals surface area contributed by atoms with E-state index in [-0.39, 0.29) is 11.4 Å². The number of nitrogens with zero attached hydrogens (tertiary/aromatic N) is 1. The van der Waals surface area contributed by atoms with E-state index in [2.05, 4.69) is 0 Å². The molecule has 0 radical (unpaired) electrons. The molecule has 0 aromatic heterocycles. The molecular formula is C11H21N3O. The highest BCUT2D eigenvalue weighted by Crippen LogP contribution is 2.46. The van der Waals surface area contributed by atoms with Crippen LogP contribution in [0.2, 0.25) is 0 Å². The SMILES string of the molecule is COC[C@@]12CCCC[C@H]1CN(C(=N)N)C2. The Morgan fingerprint density at radius 1 is 1.60 bits per heavy atom. The predicted molar refractivity (Wildman–Crippen MR) is 59.8 cm³/mol. The van der Waals surface area contributed by atoms with Gasteiger partial charge in [-0.25, -0.2) is 0 Å². The third-order valence-electron chi connectivity index (χ3n) is 4.06. The highest BCUT2D eigenvalue weighted by Gasteiger charge is 2.47. The minimum atomic E-state index is 0.222. The Kier molecular flexibility index (Phi) is 2.87. The van der Waals surface area contributed by atoms with Gasteiger partial charge in [-0.05, 0) is 18.8 Å². The van der Waals surface area contributed by atoms with E-state index in [1.807, 2.05) is 4.90 Å². The van der Waals surface area contributed by atoms with Crippen LogP contribution in [-0.2, 0) is 4.74 Å². The largest absolute Gasteiger partial charge is 0.384 e. The number of methoxy groups -OCH3 is 1. The number of fused-ring (bicyclic) bond motifs is 1.